The molecule has 9 aromatic carbocycles. The molecule has 0 saturated carbocycles. The second-order valence-electron chi connectivity index (χ2n) is 10.5. The van der Waals surface area contributed by atoms with Gasteiger partial charge in [-0.25, -0.2) is 0 Å². The number of para-hydroxylation sites is 1. The standard InChI is InChI=1S/C48H30O/c1-3-13-32(14-4-1)38-22-11-23-43-47-37(21-12-24-44(47)49-48(38)43)34-27-25-31-26-28-35(30-36(31)29-34)46-41-19-9-7-17-39(41)45(33-15-5-2-6-16-33)40-18-8-10-20-42(40)46/h1-30H/i1D,2D,3D,4D,5D,6D,7D,8D,9D,10D,11D,12D,13D,14D,15D,16D,17D,18D,19D,20D,21D,22D,23D,24D,25D,26D,27D,28D,29D,30D. The Bertz CT molecular complexity index is 4460. The van der Waals surface area contributed by atoms with E-state index in [2.05, 4.69) is 0 Å². The molecule has 1 heterocycles. The van der Waals surface area contributed by atoms with E-state index in [1.54, 1.807) is 0 Å². The van der Waals surface area contributed by atoms with Gasteiger partial charge in [0.05, 0.1) is 41.1 Å². The van der Waals surface area contributed by atoms with Gasteiger partial charge in [0.2, 0.25) is 0 Å². The van der Waals surface area contributed by atoms with Gasteiger partial charge in [-0.05, 0) is 89.4 Å². The highest BCUT2D eigenvalue weighted by molar-refractivity contribution is 6.22. The van der Waals surface area contributed by atoms with Crippen molar-refractivity contribution in [3.63, 3.8) is 0 Å². The predicted octanol–water partition coefficient (Wildman–Crippen LogP) is 13.7. The van der Waals surface area contributed by atoms with Gasteiger partial charge in [-0.1, -0.05) is 163 Å². The average molecular weight is 653 g/mol. The molecule has 49 heavy (non-hydrogen) atoms. The third-order valence-electron chi connectivity index (χ3n) is 7.87. The second kappa shape index (κ2) is 11.1. The summed E-state index contributed by atoms with van der Waals surface area (Å²) in [5.41, 5.74) is -7.46. The summed E-state index contributed by atoms with van der Waals surface area (Å²) in [5.74, 6) is 0. The summed E-state index contributed by atoms with van der Waals surface area (Å²) in [5, 5.41) is -5.75. The highest BCUT2D eigenvalue weighted by Gasteiger charge is 2.18. The Morgan fingerprint density at radius 3 is 1.53 bits per heavy atom. The lowest BCUT2D eigenvalue weighted by atomic mass is 9.85. The molecule has 0 bridgehead atoms. The molecule has 0 saturated heterocycles. The SMILES string of the molecule is [2H]c1c([2H])c([2H])c(-c2c([2H])c([2H])c([2H])c3c2oc2c([2H])c([2H])c([2H])c(-c4c([2H])c([2H])c5c([2H])c([2H])c(-c6c7c([2H])c([2H])c([2H])c([2H])c7c(-c7c([2H])c([2H])c([2H])c([2H])c7[2H])c7c([2H])c([2H])c([2H])c([2H])c67)c([2H])c5c4[2H])c23)c([2H])c1[2H]. The predicted molar refractivity (Wildman–Crippen MR) is 208 cm³/mol. The van der Waals surface area contributed by atoms with Crippen LogP contribution < -0.4 is 0 Å². The van der Waals surface area contributed by atoms with E-state index in [9.17, 15) is 15.1 Å². The molecule has 1 heteroatoms. The summed E-state index contributed by atoms with van der Waals surface area (Å²) in [4.78, 5) is 0. The van der Waals surface area contributed by atoms with Gasteiger partial charge in [0.15, 0.2) is 0 Å². The van der Waals surface area contributed by atoms with Crippen molar-refractivity contribution in [1.29, 1.82) is 0 Å². The fourth-order valence-corrected chi connectivity index (χ4v) is 5.84. The molecule has 0 aliphatic heterocycles. The Labute approximate surface area is 326 Å². The van der Waals surface area contributed by atoms with Gasteiger partial charge in [-0.3, -0.25) is 0 Å². The molecule has 0 aliphatic rings. The number of benzene rings is 9. The van der Waals surface area contributed by atoms with Crippen LogP contribution in [-0.2, 0) is 0 Å². The first-order valence-corrected chi connectivity index (χ1v) is 14.4. The first-order valence-electron chi connectivity index (χ1n) is 29.4. The van der Waals surface area contributed by atoms with E-state index in [-0.39, 0.29) is 0 Å². The summed E-state index contributed by atoms with van der Waals surface area (Å²) in [6, 6.07) is -28.9. The minimum absolute atomic E-state index is 0.587. The van der Waals surface area contributed by atoms with Crippen LogP contribution in [0, 0.1) is 0 Å². The Kier molecular flexibility index (Phi) is 2.50. The van der Waals surface area contributed by atoms with E-state index in [0.29, 0.717) is 0 Å². The monoisotopic (exact) mass is 652 g/mol. The molecule has 0 spiro atoms. The van der Waals surface area contributed by atoms with Crippen LogP contribution in [-0.4, -0.2) is 0 Å². The van der Waals surface area contributed by atoms with Crippen molar-refractivity contribution in [1.82, 2.24) is 0 Å². The van der Waals surface area contributed by atoms with Gasteiger partial charge < -0.3 is 4.42 Å². The lowest BCUT2D eigenvalue weighted by Gasteiger charge is -2.18. The molecule has 0 unspecified atom stereocenters. The minimum atomic E-state index is -1.08. The molecule has 0 aliphatic carbocycles. The minimum Gasteiger partial charge on any atom is -0.455 e. The molecular weight excluding hydrogens is 593 g/mol. The smallest absolute Gasteiger partial charge is 0.143 e. The summed E-state index contributed by atoms with van der Waals surface area (Å²) in [6.07, 6.45) is 0. The maximum Gasteiger partial charge on any atom is 0.143 e. The molecule has 0 fully saturated rings. The van der Waals surface area contributed by atoms with Gasteiger partial charge in [0.1, 0.15) is 11.2 Å². The normalized spacial score (nSPS) is 20.2. The Morgan fingerprint density at radius 1 is 0.347 bits per heavy atom. The molecule has 0 atom stereocenters. The van der Waals surface area contributed by atoms with Crippen molar-refractivity contribution in [2.24, 2.45) is 0 Å². The van der Waals surface area contributed by atoms with E-state index in [4.69, 9.17) is 30.5 Å². The highest BCUT2D eigenvalue weighted by atomic mass is 16.3. The number of rotatable bonds is 4. The van der Waals surface area contributed by atoms with Crippen molar-refractivity contribution in [2.45, 2.75) is 0 Å². The van der Waals surface area contributed by atoms with Crippen molar-refractivity contribution < 1.29 is 45.5 Å². The fraction of sp³-hybridized carbons (Fsp3) is 0. The van der Waals surface area contributed by atoms with Crippen LogP contribution in [0.4, 0.5) is 0 Å². The number of hydrogen-bond acceptors (Lipinski definition) is 1. The fourth-order valence-electron chi connectivity index (χ4n) is 5.84. The van der Waals surface area contributed by atoms with Crippen LogP contribution in [0.15, 0.2) is 186 Å². The van der Waals surface area contributed by atoms with Crippen LogP contribution in [0.25, 0.3) is 98.8 Å². The first-order chi connectivity index (χ1) is 36.8. The topological polar surface area (TPSA) is 13.1 Å². The van der Waals surface area contributed by atoms with E-state index < -0.39 is 280 Å². The third kappa shape index (κ3) is 4.40. The maximum atomic E-state index is 9.96. The lowest BCUT2D eigenvalue weighted by molar-refractivity contribution is 0.670. The Balaban J connectivity index is 1.45. The largest absolute Gasteiger partial charge is 0.455 e. The van der Waals surface area contributed by atoms with Gasteiger partial charge in [0, 0.05) is 16.3 Å². The molecule has 1 aromatic heterocycles. The summed E-state index contributed by atoms with van der Waals surface area (Å²) in [7, 11) is 0. The van der Waals surface area contributed by atoms with Crippen LogP contribution in [0.5, 0.6) is 0 Å². The zero-order valence-corrected chi connectivity index (χ0v) is 24.4. The third-order valence-corrected chi connectivity index (χ3v) is 7.87. The summed E-state index contributed by atoms with van der Waals surface area (Å²) in [6.45, 7) is 0. The number of fused-ring (bicyclic) bond motifs is 6. The van der Waals surface area contributed by atoms with Crippen LogP contribution in [0.1, 0.15) is 41.1 Å². The lowest BCUT2D eigenvalue weighted by Crippen LogP contribution is -1.91. The van der Waals surface area contributed by atoms with E-state index in [1.807, 2.05) is 0 Å². The zero-order valence-electron chi connectivity index (χ0n) is 54.4. The quantitative estimate of drug-likeness (QED) is 0.172. The van der Waals surface area contributed by atoms with Crippen LogP contribution in [0.3, 0.4) is 0 Å². The van der Waals surface area contributed by atoms with Crippen molar-refractivity contribution >= 4 is 54.3 Å². The van der Waals surface area contributed by atoms with Gasteiger partial charge >= 0.3 is 0 Å². The number of furan rings is 1. The van der Waals surface area contributed by atoms with Crippen molar-refractivity contribution in [3.8, 4) is 44.5 Å². The van der Waals surface area contributed by atoms with Gasteiger partial charge in [0.25, 0.3) is 0 Å². The molecule has 0 N–H and O–H groups in total. The molecule has 10 aromatic rings. The molecule has 1 nitrogen and oxygen atoms in total. The van der Waals surface area contributed by atoms with E-state index in [0.717, 1.165) is 0 Å². The summed E-state index contributed by atoms with van der Waals surface area (Å²) >= 11 is 0. The second-order valence-corrected chi connectivity index (χ2v) is 10.5. The summed E-state index contributed by atoms with van der Waals surface area (Å²) < 4.78 is 276. The molecule has 0 radical (unpaired) electrons. The Hall–Kier alpha value is -6.44. The van der Waals surface area contributed by atoms with Crippen molar-refractivity contribution in [2.75, 3.05) is 0 Å². The van der Waals surface area contributed by atoms with Crippen molar-refractivity contribution in [3.05, 3.63) is 181 Å². The van der Waals surface area contributed by atoms with Gasteiger partial charge in [-0.15, -0.1) is 0 Å². The van der Waals surface area contributed by atoms with Crippen LogP contribution >= 0.6 is 0 Å². The first kappa shape index (κ1) is 11.1. The number of hydrogen-bond donors (Lipinski definition) is 0. The van der Waals surface area contributed by atoms with Gasteiger partial charge in [-0.2, -0.15) is 0 Å². The molecule has 0 amide bonds. The maximum absolute atomic E-state index is 9.96. The van der Waals surface area contributed by atoms with E-state index >= 15 is 0 Å². The van der Waals surface area contributed by atoms with Crippen LogP contribution in [0.2, 0.25) is 0 Å². The molecule has 10 rings (SSSR count). The van der Waals surface area contributed by atoms with E-state index in [1.165, 1.54) is 0 Å². The zero-order chi connectivity index (χ0) is 58.4. The average Bonchev–Trinajstić information content (AvgIpc) is 3.97. The molecular formula is C48H30O. The Morgan fingerprint density at radius 2 is 0.857 bits per heavy atom. The highest BCUT2D eigenvalue weighted by Crippen LogP contribution is 2.45. The molecule has 228 valence electrons.